The second-order valence-corrected chi connectivity index (χ2v) is 4.03. The van der Waals surface area contributed by atoms with E-state index in [1.165, 1.54) is 0 Å². The molecule has 4 heteroatoms. The smallest absolute Gasteiger partial charge is 0.303 e. The summed E-state index contributed by atoms with van der Waals surface area (Å²) in [5, 5.41) is 8.66. The van der Waals surface area contributed by atoms with Crippen LogP contribution >= 0.6 is 0 Å². The highest BCUT2D eigenvalue weighted by Crippen LogP contribution is 2.17. The molecule has 0 bridgehead atoms. The molecule has 0 aromatic heterocycles. The summed E-state index contributed by atoms with van der Waals surface area (Å²) in [5.41, 5.74) is 5.53. The molecule has 0 aliphatic heterocycles. The molecular formula is C11H23NO3. The van der Waals surface area contributed by atoms with Crippen molar-refractivity contribution in [1.82, 2.24) is 0 Å². The van der Waals surface area contributed by atoms with Crippen molar-refractivity contribution < 1.29 is 14.6 Å². The van der Waals surface area contributed by atoms with Gasteiger partial charge in [0.25, 0.3) is 0 Å². The normalized spacial score (nSPS) is 14.9. The van der Waals surface area contributed by atoms with Crippen LogP contribution in [0.1, 0.15) is 33.1 Å². The van der Waals surface area contributed by atoms with Gasteiger partial charge in [0, 0.05) is 19.6 Å². The van der Waals surface area contributed by atoms with E-state index in [0.717, 1.165) is 26.1 Å². The van der Waals surface area contributed by atoms with Gasteiger partial charge in [0.15, 0.2) is 0 Å². The van der Waals surface area contributed by atoms with Crippen LogP contribution in [0.4, 0.5) is 0 Å². The Hall–Kier alpha value is -0.610. The molecule has 0 saturated heterocycles. The van der Waals surface area contributed by atoms with Crippen molar-refractivity contribution in [1.29, 1.82) is 0 Å². The van der Waals surface area contributed by atoms with Crippen molar-refractivity contribution >= 4 is 5.97 Å². The second kappa shape index (κ2) is 8.68. The Bertz CT molecular complexity index is 173. The molecule has 2 atom stereocenters. The topological polar surface area (TPSA) is 72.5 Å². The highest BCUT2D eigenvalue weighted by molar-refractivity contribution is 5.67. The zero-order chi connectivity index (χ0) is 11.7. The van der Waals surface area contributed by atoms with E-state index in [1.54, 1.807) is 0 Å². The molecule has 0 aromatic rings. The van der Waals surface area contributed by atoms with Gasteiger partial charge in [-0.1, -0.05) is 6.92 Å². The van der Waals surface area contributed by atoms with E-state index in [9.17, 15) is 4.79 Å². The van der Waals surface area contributed by atoms with Crippen molar-refractivity contribution in [3.05, 3.63) is 0 Å². The molecule has 0 amide bonds. The average Bonchev–Trinajstić information content (AvgIpc) is 2.16. The van der Waals surface area contributed by atoms with E-state index >= 15 is 0 Å². The lowest BCUT2D eigenvalue weighted by atomic mass is 9.91. The number of nitrogens with two attached hydrogens (primary N) is 1. The molecule has 0 unspecified atom stereocenters. The molecule has 0 fully saturated rings. The number of hydrogen-bond acceptors (Lipinski definition) is 3. The zero-order valence-corrected chi connectivity index (χ0v) is 9.74. The molecule has 0 aliphatic rings. The summed E-state index contributed by atoms with van der Waals surface area (Å²) in [6.07, 6.45) is 2.02. The van der Waals surface area contributed by atoms with E-state index in [2.05, 4.69) is 6.92 Å². The molecule has 0 aliphatic carbocycles. The fraction of sp³-hybridized carbons (Fsp3) is 0.909. The van der Waals surface area contributed by atoms with Crippen LogP contribution in [0.5, 0.6) is 0 Å². The van der Waals surface area contributed by atoms with Gasteiger partial charge >= 0.3 is 5.97 Å². The number of aliphatic carboxylic acids is 1. The number of carboxylic acid groups (broad SMARTS) is 1. The number of ether oxygens (including phenoxy) is 1. The quantitative estimate of drug-likeness (QED) is 0.574. The molecule has 3 N–H and O–H groups in total. The minimum Gasteiger partial charge on any atom is -0.481 e. The van der Waals surface area contributed by atoms with Crippen LogP contribution in [0.3, 0.4) is 0 Å². The van der Waals surface area contributed by atoms with Gasteiger partial charge in [-0.2, -0.15) is 0 Å². The van der Waals surface area contributed by atoms with E-state index in [-0.39, 0.29) is 12.3 Å². The van der Waals surface area contributed by atoms with E-state index in [4.69, 9.17) is 15.6 Å². The van der Waals surface area contributed by atoms with Gasteiger partial charge in [-0.15, -0.1) is 0 Å². The van der Waals surface area contributed by atoms with Gasteiger partial charge < -0.3 is 15.6 Å². The van der Waals surface area contributed by atoms with Crippen molar-refractivity contribution in [2.45, 2.75) is 33.1 Å². The number of hydrogen-bond donors (Lipinski definition) is 2. The standard InChI is InChI=1S/C11H23NO3/c1-3-15-5-4-9(2)6-10(8-12)7-11(13)14/h9-10H,3-8,12H2,1-2H3,(H,13,14)/t9-,10+/m1/s1. The summed E-state index contributed by atoms with van der Waals surface area (Å²) in [4.78, 5) is 10.5. The van der Waals surface area contributed by atoms with Crippen LogP contribution in [-0.4, -0.2) is 30.8 Å². The van der Waals surface area contributed by atoms with Crippen LogP contribution in [0.25, 0.3) is 0 Å². The molecule has 0 heterocycles. The average molecular weight is 217 g/mol. The molecular weight excluding hydrogens is 194 g/mol. The van der Waals surface area contributed by atoms with Gasteiger partial charge in [0.05, 0.1) is 0 Å². The lowest BCUT2D eigenvalue weighted by molar-refractivity contribution is -0.138. The Morgan fingerprint density at radius 2 is 2.20 bits per heavy atom. The highest BCUT2D eigenvalue weighted by atomic mass is 16.5. The first kappa shape index (κ1) is 14.4. The summed E-state index contributed by atoms with van der Waals surface area (Å²) in [6, 6.07) is 0. The fourth-order valence-corrected chi connectivity index (χ4v) is 1.63. The fourth-order valence-electron chi connectivity index (χ4n) is 1.63. The molecule has 90 valence electrons. The zero-order valence-electron chi connectivity index (χ0n) is 9.74. The van der Waals surface area contributed by atoms with Crippen molar-refractivity contribution in [3.8, 4) is 0 Å². The third-order valence-corrected chi connectivity index (χ3v) is 2.49. The van der Waals surface area contributed by atoms with Crippen molar-refractivity contribution in [2.24, 2.45) is 17.6 Å². The first-order valence-corrected chi connectivity index (χ1v) is 5.59. The van der Waals surface area contributed by atoms with Crippen LogP contribution in [0.2, 0.25) is 0 Å². The van der Waals surface area contributed by atoms with Crippen LogP contribution in [0.15, 0.2) is 0 Å². The molecule has 0 radical (unpaired) electrons. The Labute approximate surface area is 91.8 Å². The highest BCUT2D eigenvalue weighted by Gasteiger charge is 2.14. The lowest BCUT2D eigenvalue weighted by Crippen LogP contribution is -2.21. The Balaban J connectivity index is 3.69. The van der Waals surface area contributed by atoms with Gasteiger partial charge in [0.1, 0.15) is 0 Å². The van der Waals surface area contributed by atoms with Gasteiger partial charge in [-0.05, 0) is 38.1 Å². The first-order chi connectivity index (χ1) is 7.10. The summed E-state index contributed by atoms with van der Waals surface area (Å²) in [6.45, 7) is 6.02. The largest absolute Gasteiger partial charge is 0.481 e. The molecule has 0 spiro atoms. The monoisotopic (exact) mass is 217 g/mol. The molecule has 0 aromatic carbocycles. The summed E-state index contributed by atoms with van der Waals surface area (Å²) in [5.74, 6) is -0.189. The second-order valence-electron chi connectivity index (χ2n) is 4.03. The minimum atomic E-state index is -0.762. The molecule has 0 saturated carbocycles. The summed E-state index contributed by atoms with van der Waals surface area (Å²) in [7, 11) is 0. The molecule has 0 rings (SSSR count). The molecule has 15 heavy (non-hydrogen) atoms. The summed E-state index contributed by atoms with van der Waals surface area (Å²) >= 11 is 0. The first-order valence-electron chi connectivity index (χ1n) is 5.59. The van der Waals surface area contributed by atoms with Gasteiger partial charge in [-0.25, -0.2) is 0 Å². The number of carbonyl (C=O) groups is 1. The van der Waals surface area contributed by atoms with Crippen LogP contribution in [-0.2, 0) is 9.53 Å². The Morgan fingerprint density at radius 3 is 2.67 bits per heavy atom. The Kier molecular flexibility index (Phi) is 8.33. The maximum absolute atomic E-state index is 10.5. The third kappa shape index (κ3) is 8.39. The molecule has 4 nitrogen and oxygen atoms in total. The van der Waals surface area contributed by atoms with Crippen LogP contribution in [0, 0.1) is 11.8 Å². The van der Waals surface area contributed by atoms with E-state index in [1.807, 2.05) is 6.92 Å². The maximum Gasteiger partial charge on any atom is 0.303 e. The predicted molar refractivity (Wildman–Crippen MR) is 59.7 cm³/mol. The predicted octanol–water partition coefficient (Wildman–Crippen LogP) is 1.49. The van der Waals surface area contributed by atoms with Crippen molar-refractivity contribution in [2.75, 3.05) is 19.8 Å². The van der Waals surface area contributed by atoms with Gasteiger partial charge in [0.2, 0.25) is 0 Å². The van der Waals surface area contributed by atoms with E-state index < -0.39 is 5.97 Å². The third-order valence-electron chi connectivity index (χ3n) is 2.49. The number of rotatable bonds is 9. The van der Waals surface area contributed by atoms with E-state index in [0.29, 0.717) is 12.5 Å². The number of carboxylic acids is 1. The summed E-state index contributed by atoms with van der Waals surface area (Å²) < 4.78 is 5.25. The van der Waals surface area contributed by atoms with Gasteiger partial charge in [-0.3, -0.25) is 4.79 Å². The lowest BCUT2D eigenvalue weighted by Gasteiger charge is -2.17. The maximum atomic E-state index is 10.5. The SMILES string of the molecule is CCOCC[C@@H](C)C[C@H](CN)CC(=O)O. The van der Waals surface area contributed by atoms with Crippen LogP contribution < -0.4 is 5.73 Å². The van der Waals surface area contributed by atoms with Crippen molar-refractivity contribution in [3.63, 3.8) is 0 Å². The minimum absolute atomic E-state index is 0.0964. The Morgan fingerprint density at radius 1 is 1.53 bits per heavy atom.